The van der Waals surface area contributed by atoms with Crippen LogP contribution in [0.2, 0.25) is 10.0 Å². The van der Waals surface area contributed by atoms with Crippen LogP contribution in [0.1, 0.15) is 29.7 Å². The Balaban J connectivity index is 1.52. The molecule has 0 amide bonds. The van der Waals surface area contributed by atoms with Crippen molar-refractivity contribution in [2.75, 3.05) is 6.61 Å². The Kier molecular flexibility index (Phi) is 9.35. The summed E-state index contributed by atoms with van der Waals surface area (Å²) < 4.78 is 56.3. The molecule has 0 saturated carbocycles. The van der Waals surface area contributed by atoms with Crippen molar-refractivity contribution in [1.29, 1.82) is 0 Å². The van der Waals surface area contributed by atoms with E-state index in [4.69, 9.17) is 32.7 Å². The SMILES string of the molecule is CCOC(=O)C1=C(C(F)(F)F)N=c2s/c(=C\c3cc(Cl)cc(Br)c3OCc3cccc4ccccc34)c(=O)n2[C@@H]1c1ccc(Cl)cc1. The summed E-state index contributed by atoms with van der Waals surface area (Å²) in [5.41, 5.74) is -1.37. The maximum Gasteiger partial charge on any atom is 0.434 e. The van der Waals surface area contributed by atoms with Crippen molar-refractivity contribution in [3.05, 3.63) is 141 Å². The van der Waals surface area contributed by atoms with Crippen LogP contribution in [0, 0.1) is 0 Å². The Hall–Kier alpha value is -3.90. The number of aromatic nitrogens is 1. The maximum atomic E-state index is 14.4. The molecule has 0 bridgehead atoms. The summed E-state index contributed by atoms with van der Waals surface area (Å²) in [6.45, 7) is 1.47. The van der Waals surface area contributed by atoms with Gasteiger partial charge >= 0.3 is 12.1 Å². The van der Waals surface area contributed by atoms with E-state index in [1.54, 1.807) is 12.1 Å². The molecule has 2 heterocycles. The minimum Gasteiger partial charge on any atom is -0.487 e. The van der Waals surface area contributed by atoms with Gasteiger partial charge in [0.2, 0.25) is 0 Å². The van der Waals surface area contributed by atoms with Gasteiger partial charge in [-0.3, -0.25) is 9.36 Å². The highest BCUT2D eigenvalue weighted by Gasteiger charge is 2.45. The molecule has 6 rings (SSSR count). The first kappa shape index (κ1) is 33.0. The highest BCUT2D eigenvalue weighted by molar-refractivity contribution is 9.10. The number of carbonyl (C=O) groups excluding carboxylic acids is 1. The number of benzene rings is 4. The van der Waals surface area contributed by atoms with Crippen LogP contribution in [0.4, 0.5) is 13.2 Å². The van der Waals surface area contributed by atoms with Crippen molar-refractivity contribution in [1.82, 2.24) is 4.57 Å². The lowest BCUT2D eigenvalue weighted by Crippen LogP contribution is -2.41. The Bertz CT molecular complexity index is 2240. The van der Waals surface area contributed by atoms with Crippen molar-refractivity contribution in [2.45, 2.75) is 25.7 Å². The molecule has 0 radical (unpaired) electrons. The molecule has 1 aliphatic rings. The number of hydrogen-bond donors (Lipinski definition) is 0. The van der Waals surface area contributed by atoms with E-state index in [-0.39, 0.29) is 28.1 Å². The first-order chi connectivity index (χ1) is 22.5. The summed E-state index contributed by atoms with van der Waals surface area (Å²) in [6, 6.07) is 21.3. The van der Waals surface area contributed by atoms with Crippen molar-refractivity contribution in [3.63, 3.8) is 0 Å². The van der Waals surface area contributed by atoms with E-state index >= 15 is 0 Å². The van der Waals surface area contributed by atoms with E-state index in [1.807, 2.05) is 42.5 Å². The van der Waals surface area contributed by atoms with Crippen LogP contribution in [-0.2, 0) is 16.1 Å². The highest BCUT2D eigenvalue weighted by atomic mass is 79.9. The molecule has 240 valence electrons. The molecule has 0 aliphatic carbocycles. The topological polar surface area (TPSA) is 69.9 Å². The van der Waals surface area contributed by atoms with Crippen LogP contribution < -0.4 is 19.6 Å². The predicted octanol–water partition coefficient (Wildman–Crippen LogP) is 8.14. The van der Waals surface area contributed by atoms with E-state index in [0.29, 0.717) is 25.8 Å². The van der Waals surface area contributed by atoms with Gasteiger partial charge < -0.3 is 9.47 Å². The number of esters is 1. The Morgan fingerprint density at radius 3 is 2.49 bits per heavy atom. The first-order valence-corrected chi connectivity index (χ1v) is 16.5. The van der Waals surface area contributed by atoms with Crippen LogP contribution in [0.3, 0.4) is 0 Å². The molecule has 1 aromatic heterocycles. The van der Waals surface area contributed by atoms with E-state index in [0.717, 1.165) is 32.2 Å². The average Bonchev–Trinajstić information content (AvgIpc) is 3.34. The largest absolute Gasteiger partial charge is 0.487 e. The fourth-order valence-corrected chi connectivity index (χ4v) is 7.42. The number of nitrogens with zero attached hydrogens (tertiary/aromatic N) is 2. The van der Waals surface area contributed by atoms with Gasteiger partial charge in [0.05, 0.1) is 27.2 Å². The second-order valence-electron chi connectivity index (χ2n) is 10.3. The fourth-order valence-electron chi connectivity index (χ4n) is 5.35. The number of halogens is 6. The van der Waals surface area contributed by atoms with Gasteiger partial charge in [-0.25, -0.2) is 9.79 Å². The monoisotopic (exact) mass is 760 g/mol. The zero-order valence-corrected chi connectivity index (χ0v) is 28.2. The number of hydrogen-bond acceptors (Lipinski definition) is 6. The Morgan fingerprint density at radius 1 is 1.04 bits per heavy atom. The summed E-state index contributed by atoms with van der Waals surface area (Å²) in [5.74, 6) is -0.869. The van der Waals surface area contributed by atoms with E-state index in [1.165, 1.54) is 37.3 Å². The molecule has 1 atom stereocenters. The lowest BCUT2D eigenvalue weighted by atomic mass is 9.95. The molecule has 0 fully saturated rings. The normalized spacial score (nSPS) is 15.0. The molecule has 1 aliphatic heterocycles. The molecule has 0 spiro atoms. The third kappa shape index (κ3) is 6.62. The number of fused-ring (bicyclic) bond motifs is 2. The standard InChI is InChI=1S/C34H22BrCl2F3N2O4S/c1-2-45-32(44)27-28(19-10-12-22(36)13-11-19)42-31(43)26(47-33(42)41-30(27)34(38,39)40)15-21-14-23(37)16-25(35)29(21)46-17-20-8-5-7-18-6-3-4-9-24(18)20/h3-16,28H,2,17H2,1H3/b26-15-/t28-/m1/s1. The van der Waals surface area contributed by atoms with Gasteiger partial charge in [0.15, 0.2) is 10.5 Å². The molecule has 6 nitrogen and oxygen atoms in total. The molecular formula is C34H22BrCl2F3N2O4S. The number of rotatable bonds is 7. The van der Waals surface area contributed by atoms with E-state index in [9.17, 15) is 22.8 Å². The van der Waals surface area contributed by atoms with E-state index in [2.05, 4.69) is 20.9 Å². The minimum absolute atomic E-state index is 0.0403. The van der Waals surface area contributed by atoms with E-state index < -0.39 is 35.0 Å². The quantitative estimate of drug-likeness (QED) is 0.157. The van der Waals surface area contributed by atoms with Crippen molar-refractivity contribution in [2.24, 2.45) is 4.99 Å². The van der Waals surface area contributed by atoms with Gasteiger partial charge in [-0.05, 0) is 75.1 Å². The molecule has 0 unspecified atom stereocenters. The summed E-state index contributed by atoms with van der Waals surface area (Å²) in [5, 5.41) is 2.70. The van der Waals surface area contributed by atoms with Crippen LogP contribution in [0.15, 0.2) is 104 Å². The lowest BCUT2D eigenvalue weighted by molar-refractivity contribution is -0.140. The summed E-state index contributed by atoms with van der Waals surface area (Å²) in [7, 11) is 0. The van der Waals surface area contributed by atoms with Crippen molar-refractivity contribution >= 4 is 73.3 Å². The zero-order chi connectivity index (χ0) is 33.5. The lowest BCUT2D eigenvalue weighted by Gasteiger charge is -2.26. The van der Waals surface area contributed by atoms with Crippen LogP contribution in [-0.4, -0.2) is 23.3 Å². The zero-order valence-electron chi connectivity index (χ0n) is 24.3. The van der Waals surface area contributed by atoms with Crippen molar-refractivity contribution < 1.29 is 27.4 Å². The molecule has 4 aromatic carbocycles. The number of ether oxygens (including phenoxy) is 2. The number of thiazole rings is 1. The summed E-state index contributed by atoms with van der Waals surface area (Å²) in [6.07, 6.45) is -3.54. The molecular weight excluding hydrogens is 740 g/mol. The van der Waals surface area contributed by atoms with Gasteiger partial charge in [-0.1, -0.05) is 89.1 Å². The number of allylic oxidation sites excluding steroid dienone is 1. The predicted molar refractivity (Wildman–Crippen MR) is 180 cm³/mol. The number of alkyl halides is 3. The Morgan fingerprint density at radius 2 is 1.77 bits per heavy atom. The third-order valence-corrected chi connectivity index (χ3v) is 9.40. The molecule has 0 saturated heterocycles. The van der Waals surface area contributed by atoms with Crippen LogP contribution in [0.25, 0.3) is 16.8 Å². The molecule has 47 heavy (non-hydrogen) atoms. The molecule has 13 heteroatoms. The van der Waals surface area contributed by atoms with Crippen LogP contribution >= 0.6 is 50.5 Å². The van der Waals surface area contributed by atoms with Gasteiger partial charge in [-0.2, -0.15) is 13.2 Å². The second-order valence-corrected chi connectivity index (χ2v) is 13.1. The third-order valence-electron chi connectivity index (χ3n) is 7.36. The van der Waals surface area contributed by atoms with Crippen molar-refractivity contribution in [3.8, 4) is 5.75 Å². The average molecular weight is 762 g/mol. The smallest absolute Gasteiger partial charge is 0.434 e. The highest BCUT2D eigenvalue weighted by Crippen LogP contribution is 2.39. The van der Waals surface area contributed by atoms with Gasteiger partial charge in [0, 0.05) is 15.6 Å². The number of carbonyl (C=O) groups is 1. The Labute approximate surface area is 288 Å². The van der Waals surface area contributed by atoms with Gasteiger partial charge in [0.25, 0.3) is 5.56 Å². The fraction of sp³-hybridized carbons (Fsp3) is 0.147. The second kappa shape index (κ2) is 13.3. The maximum absolute atomic E-state index is 14.4. The first-order valence-electron chi connectivity index (χ1n) is 14.1. The molecule has 0 N–H and O–H groups in total. The van der Waals surface area contributed by atoms with Crippen LogP contribution in [0.5, 0.6) is 5.75 Å². The van der Waals surface area contributed by atoms with Gasteiger partial charge in [-0.15, -0.1) is 0 Å². The van der Waals surface area contributed by atoms with Gasteiger partial charge in [0.1, 0.15) is 12.4 Å². The minimum atomic E-state index is -5.03. The summed E-state index contributed by atoms with van der Waals surface area (Å²) >= 11 is 16.7. The summed E-state index contributed by atoms with van der Waals surface area (Å²) in [4.78, 5) is 30.7. The molecule has 5 aromatic rings.